The molecule has 250 valence electrons. The lowest BCUT2D eigenvalue weighted by Gasteiger charge is -2.41. The van der Waals surface area contributed by atoms with Gasteiger partial charge in [-0.25, -0.2) is 9.13 Å². The second-order valence-corrected chi connectivity index (χ2v) is 17.1. The molecule has 1 atom stereocenters. The Morgan fingerprint density at radius 1 is 0.646 bits per heavy atom. The molecule has 15 heteroatoms. The zero-order valence-corrected chi connectivity index (χ0v) is 28.2. The summed E-state index contributed by atoms with van der Waals surface area (Å²) in [5, 5.41) is 0.453. The lowest BCUT2D eigenvalue weighted by atomic mass is 9.93. The van der Waals surface area contributed by atoms with Crippen LogP contribution >= 0.6 is 23.0 Å². The first-order valence-corrected chi connectivity index (χ1v) is 19.8. The van der Waals surface area contributed by atoms with Crippen molar-refractivity contribution in [2.75, 3.05) is 39.4 Å². The number of hydrogen-bond donors (Lipinski definition) is 0. The monoisotopic (exact) mass is 712 g/mol. The lowest BCUT2D eigenvalue weighted by molar-refractivity contribution is -0.120. The fraction of sp³-hybridized carbons (Fsp3) is 0.242. The first-order chi connectivity index (χ1) is 23.2. The van der Waals surface area contributed by atoms with Gasteiger partial charge in [0.25, 0.3) is 6.47 Å². The van der Waals surface area contributed by atoms with E-state index in [-0.39, 0.29) is 33.0 Å². The van der Waals surface area contributed by atoms with Gasteiger partial charge in [-0.05, 0) is 41.3 Å². The molecule has 0 saturated carbocycles. The van der Waals surface area contributed by atoms with Gasteiger partial charge in [0.1, 0.15) is 17.8 Å². The standard InChI is InChI=1S/C33H31O12P3/c34-23-38-30-14-6-3-11-27(30)26-10-2-1-9-25(26)17-18-39-47(36)40-19-33(20-41-47)21-42-48(37,43-22-33)44-24-46(35)32-16-8-5-13-29(32)28-12-4-7-15-31(28)45-46/h1-16,23H,17-22,24H2. The maximum atomic E-state index is 14.0. The largest absolute Gasteiger partial charge is 0.475 e. The summed E-state index contributed by atoms with van der Waals surface area (Å²) in [6.45, 7) is -0.117. The third-order valence-corrected chi connectivity index (χ3v) is 13.2. The van der Waals surface area contributed by atoms with E-state index in [1.54, 1.807) is 36.4 Å². The molecule has 2 saturated heterocycles. The second kappa shape index (κ2) is 13.5. The molecule has 7 rings (SSSR count). The van der Waals surface area contributed by atoms with E-state index in [4.69, 9.17) is 36.4 Å². The summed E-state index contributed by atoms with van der Waals surface area (Å²) in [5.74, 6) is 0.852. The minimum absolute atomic E-state index is 0.0176. The minimum Gasteiger partial charge on any atom is -0.438 e. The van der Waals surface area contributed by atoms with E-state index in [0.29, 0.717) is 29.7 Å². The number of hydrogen-bond acceptors (Lipinski definition) is 12. The van der Waals surface area contributed by atoms with Gasteiger partial charge in [0.15, 0.2) is 0 Å². The Morgan fingerprint density at radius 3 is 1.92 bits per heavy atom. The van der Waals surface area contributed by atoms with Gasteiger partial charge in [-0.1, -0.05) is 78.9 Å². The van der Waals surface area contributed by atoms with Crippen molar-refractivity contribution in [1.82, 2.24) is 0 Å². The van der Waals surface area contributed by atoms with Gasteiger partial charge in [-0.2, -0.15) is 0 Å². The first kappa shape index (κ1) is 33.1. The van der Waals surface area contributed by atoms with Crippen LogP contribution in [0.1, 0.15) is 5.56 Å². The summed E-state index contributed by atoms with van der Waals surface area (Å²) < 4.78 is 85.1. The Balaban J connectivity index is 0.931. The van der Waals surface area contributed by atoms with E-state index in [9.17, 15) is 18.5 Å². The van der Waals surface area contributed by atoms with Gasteiger partial charge >= 0.3 is 23.0 Å². The van der Waals surface area contributed by atoms with Gasteiger partial charge in [0.2, 0.25) is 0 Å². The number of phosphoric ester groups is 2. The van der Waals surface area contributed by atoms with Crippen LogP contribution in [0.3, 0.4) is 0 Å². The molecule has 3 heterocycles. The van der Waals surface area contributed by atoms with Crippen LogP contribution in [0.2, 0.25) is 0 Å². The summed E-state index contributed by atoms with van der Waals surface area (Å²) in [7, 11) is -11.7. The maximum Gasteiger partial charge on any atom is 0.475 e. The third-order valence-electron chi connectivity index (χ3n) is 8.19. The molecule has 12 nitrogen and oxygen atoms in total. The highest BCUT2D eigenvalue weighted by Crippen LogP contribution is 2.63. The van der Waals surface area contributed by atoms with E-state index in [1.807, 2.05) is 60.7 Å². The van der Waals surface area contributed by atoms with Crippen molar-refractivity contribution in [2.45, 2.75) is 6.42 Å². The van der Waals surface area contributed by atoms with E-state index >= 15 is 0 Å². The second-order valence-electron chi connectivity index (χ2n) is 11.5. The van der Waals surface area contributed by atoms with Crippen LogP contribution < -0.4 is 14.6 Å². The van der Waals surface area contributed by atoms with Crippen molar-refractivity contribution in [3.63, 3.8) is 0 Å². The van der Waals surface area contributed by atoms with E-state index < -0.39 is 34.8 Å². The molecule has 2 fully saturated rings. The van der Waals surface area contributed by atoms with Gasteiger partial charge in [0.05, 0.1) is 43.8 Å². The van der Waals surface area contributed by atoms with E-state index in [0.717, 1.165) is 27.8 Å². The summed E-state index contributed by atoms with van der Waals surface area (Å²) in [6.07, 6.45) is -0.165. The predicted octanol–water partition coefficient (Wildman–Crippen LogP) is 7.38. The Hall–Kier alpha value is -3.40. The first-order valence-electron chi connectivity index (χ1n) is 15.1. The molecule has 0 aromatic heterocycles. The Labute approximate surface area is 276 Å². The molecule has 4 aromatic rings. The molecule has 0 radical (unpaired) electrons. The molecule has 3 aliphatic rings. The number of rotatable bonds is 10. The zero-order valence-electron chi connectivity index (χ0n) is 25.5. The Bertz CT molecular complexity index is 1950. The fourth-order valence-electron chi connectivity index (χ4n) is 5.67. The van der Waals surface area contributed by atoms with E-state index in [2.05, 4.69) is 0 Å². The topological polar surface area (TPSA) is 142 Å². The highest BCUT2D eigenvalue weighted by Gasteiger charge is 2.51. The summed E-state index contributed by atoms with van der Waals surface area (Å²) in [5.41, 5.74) is 3.06. The SMILES string of the molecule is O=COc1ccccc1-c1ccccc1CCOP1(=O)OCC2(CO1)COP(=O)(OCP1(=O)Oc3ccccc3-c3ccccc31)OC2. The molecule has 3 aliphatic heterocycles. The van der Waals surface area contributed by atoms with Crippen LogP contribution in [-0.4, -0.2) is 45.9 Å². The minimum atomic E-state index is -4.13. The number of fused-ring (bicyclic) bond motifs is 3. The van der Waals surface area contributed by atoms with Gasteiger partial charge in [-0.15, -0.1) is 0 Å². The van der Waals surface area contributed by atoms with Crippen molar-refractivity contribution in [3.05, 3.63) is 103 Å². The molecule has 1 unspecified atom stereocenters. The van der Waals surface area contributed by atoms with Crippen LogP contribution in [0.4, 0.5) is 0 Å². The molecular formula is C33H31O12P3. The molecule has 48 heavy (non-hydrogen) atoms. The smallest absolute Gasteiger partial charge is 0.438 e. The molecule has 0 amide bonds. The molecule has 0 aliphatic carbocycles. The van der Waals surface area contributed by atoms with Gasteiger partial charge < -0.3 is 9.26 Å². The molecule has 4 aromatic carbocycles. The molecular weight excluding hydrogens is 681 g/mol. The van der Waals surface area contributed by atoms with Gasteiger partial charge in [0, 0.05) is 11.1 Å². The van der Waals surface area contributed by atoms with Crippen LogP contribution in [-0.2, 0) is 52.1 Å². The third kappa shape index (κ3) is 6.74. The van der Waals surface area contributed by atoms with Gasteiger partial charge in [-0.3, -0.25) is 36.5 Å². The normalized spacial score (nSPS) is 27.8. The highest BCUT2D eigenvalue weighted by molar-refractivity contribution is 7.68. The zero-order chi connectivity index (χ0) is 33.2. The molecule has 1 spiro atoms. The average molecular weight is 713 g/mol. The molecule has 0 N–H and O–H groups in total. The fourth-order valence-corrected chi connectivity index (χ4v) is 11.0. The van der Waals surface area contributed by atoms with Crippen molar-refractivity contribution in [1.29, 1.82) is 0 Å². The average Bonchev–Trinajstić information content (AvgIpc) is 3.11. The van der Waals surface area contributed by atoms with Crippen LogP contribution in [0.5, 0.6) is 11.5 Å². The lowest BCUT2D eigenvalue weighted by Crippen LogP contribution is -2.45. The van der Waals surface area contributed by atoms with Crippen molar-refractivity contribution < 1.29 is 54.9 Å². The molecule has 0 bridgehead atoms. The predicted molar refractivity (Wildman–Crippen MR) is 175 cm³/mol. The number of carbonyl (C=O) groups excluding carboxylic acids is 1. The number of carbonyl (C=O) groups is 1. The number of ether oxygens (including phenoxy) is 1. The number of phosphoric acid groups is 2. The summed E-state index contributed by atoms with van der Waals surface area (Å²) in [4.78, 5) is 11.0. The van der Waals surface area contributed by atoms with E-state index in [1.165, 1.54) is 0 Å². The highest BCUT2D eigenvalue weighted by atomic mass is 31.2. The van der Waals surface area contributed by atoms with Crippen molar-refractivity contribution in [2.24, 2.45) is 5.41 Å². The number of benzene rings is 4. The maximum absolute atomic E-state index is 14.0. The van der Waals surface area contributed by atoms with Crippen LogP contribution in [0.25, 0.3) is 22.3 Å². The van der Waals surface area contributed by atoms with Crippen molar-refractivity contribution >= 4 is 34.8 Å². The quantitative estimate of drug-likeness (QED) is 0.120. The Kier molecular flexibility index (Phi) is 9.30. The van der Waals surface area contributed by atoms with Crippen LogP contribution in [0, 0.1) is 5.41 Å². The Morgan fingerprint density at radius 2 is 1.21 bits per heavy atom. The number of para-hydroxylation sites is 2. The summed E-state index contributed by atoms with van der Waals surface area (Å²) >= 11 is 0. The summed E-state index contributed by atoms with van der Waals surface area (Å²) in [6, 6.07) is 29.0. The van der Waals surface area contributed by atoms with Crippen molar-refractivity contribution in [3.8, 4) is 33.8 Å². The van der Waals surface area contributed by atoms with Crippen LogP contribution in [0.15, 0.2) is 97.1 Å².